The number of amides is 2. The first-order valence-electron chi connectivity index (χ1n) is 11.3. The molecule has 1 fully saturated rings. The zero-order valence-corrected chi connectivity index (χ0v) is 18.4. The molecule has 4 aliphatic rings. The van der Waals surface area contributed by atoms with Gasteiger partial charge in [0.1, 0.15) is 17.9 Å². The molecule has 3 atom stereocenters. The van der Waals surface area contributed by atoms with E-state index in [1.54, 1.807) is 23.1 Å². The minimum atomic E-state index is -1.48. The summed E-state index contributed by atoms with van der Waals surface area (Å²) in [5.41, 5.74) is 3.83. The number of halogens is 2. The predicted molar refractivity (Wildman–Crippen MR) is 122 cm³/mol. The van der Waals surface area contributed by atoms with Gasteiger partial charge in [-0.1, -0.05) is 18.2 Å². The summed E-state index contributed by atoms with van der Waals surface area (Å²) in [5, 5.41) is 8.67. The SMILES string of the molecule is CNC(=O)C1=CC=C(C2=CCNCC2)C(F)N1Cc1ccc2c(c1)NC(=O)[C@@H]1C[C@H](F)CN21. The minimum Gasteiger partial charge on any atom is -0.355 e. The second-order valence-electron chi connectivity index (χ2n) is 8.74. The lowest BCUT2D eigenvalue weighted by atomic mass is 9.95. The molecule has 174 valence electrons. The molecule has 0 radical (unpaired) electrons. The lowest BCUT2D eigenvalue weighted by Gasteiger charge is -2.36. The van der Waals surface area contributed by atoms with Crippen LogP contribution in [-0.2, 0) is 16.1 Å². The molecule has 1 saturated heterocycles. The van der Waals surface area contributed by atoms with Crippen LogP contribution in [0, 0.1) is 0 Å². The van der Waals surface area contributed by atoms with E-state index in [1.807, 2.05) is 18.2 Å². The number of hydrogen-bond acceptors (Lipinski definition) is 5. The first kappa shape index (κ1) is 21.6. The van der Waals surface area contributed by atoms with E-state index >= 15 is 4.39 Å². The Morgan fingerprint density at radius 2 is 2.12 bits per heavy atom. The average molecular weight is 456 g/mol. The van der Waals surface area contributed by atoms with E-state index in [0.29, 0.717) is 17.8 Å². The number of nitrogens with one attached hydrogen (secondary N) is 3. The number of benzene rings is 1. The highest BCUT2D eigenvalue weighted by Crippen LogP contribution is 2.39. The van der Waals surface area contributed by atoms with Crippen LogP contribution in [0.15, 0.2) is 53.3 Å². The van der Waals surface area contributed by atoms with Gasteiger partial charge in [0.15, 0.2) is 6.30 Å². The van der Waals surface area contributed by atoms with Crippen molar-refractivity contribution in [2.45, 2.75) is 37.9 Å². The van der Waals surface area contributed by atoms with Crippen LogP contribution in [0.3, 0.4) is 0 Å². The van der Waals surface area contributed by atoms with Crippen LogP contribution < -0.4 is 20.9 Å². The fraction of sp³-hybridized carbons (Fsp3) is 0.417. The standard InChI is InChI=1S/C24H27F2N5O2/c1-27-23(32)20-5-3-17(15-6-8-28-9-7-15)22(26)31(20)12-14-2-4-19-18(10-14)29-24(33)21-11-16(25)13-30(19)21/h2-6,10,16,21-22,28H,7-9,11-13H2,1H3,(H,27,32)(H,29,33)/t16-,21-,22?/m0/s1. The molecule has 5 rings (SSSR count). The first-order chi connectivity index (χ1) is 16.0. The van der Waals surface area contributed by atoms with Gasteiger partial charge in [-0.3, -0.25) is 9.59 Å². The van der Waals surface area contributed by atoms with Crippen LogP contribution in [0.25, 0.3) is 0 Å². The van der Waals surface area contributed by atoms with E-state index in [1.165, 1.54) is 11.9 Å². The Labute approximate surface area is 191 Å². The summed E-state index contributed by atoms with van der Waals surface area (Å²) in [6.45, 7) is 1.79. The third kappa shape index (κ3) is 3.90. The van der Waals surface area contributed by atoms with E-state index in [2.05, 4.69) is 16.0 Å². The third-order valence-corrected chi connectivity index (χ3v) is 6.69. The molecule has 9 heteroatoms. The van der Waals surface area contributed by atoms with Gasteiger partial charge >= 0.3 is 0 Å². The molecule has 4 aliphatic heterocycles. The van der Waals surface area contributed by atoms with Gasteiger partial charge in [-0.05, 0) is 42.3 Å². The van der Waals surface area contributed by atoms with Crippen molar-refractivity contribution in [2.24, 2.45) is 0 Å². The van der Waals surface area contributed by atoms with E-state index in [4.69, 9.17) is 0 Å². The summed E-state index contributed by atoms with van der Waals surface area (Å²) in [7, 11) is 1.52. The minimum absolute atomic E-state index is 0.140. The molecule has 0 aliphatic carbocycles. The van der Waals surface area contributed by atoms with Crippen molar-refractivity contribution in [3.63, 3.8) is 0 Å². The van der Waals surface area contributed by atoms with E-state index < -0.39 is 18.5 Å². The summed E-state index contributed by atoms with van der Waals surface area (Å²) in [6.07, 6.45) is 3.72. The summed E-state index contributed by atoms with van der Waals surface area (Å²) >= 11 is 0. The number of carbonyl (C=O) groups excluding carboxylic acids is 2. The third-order valence-electron chi connectivity index (χ3n) is 6.69. The maximum Gasteiger partial charge on any atom is 0.267 e. The Balaban J connectivity index is 1.44. The molecule has 0 saturated carbocycles. The van der Waals surface area contributed by atoms with E-state index in [9.17, 15) is 14.0 Å². The van der Waals surface area contributed by atoms with Gasteiger partial charge in [-0.2, -0.15) is 0 Å². The second kappa shape index (κ2) is 8.62. The van der Waals surface area contributed by atoms with Gasteiger partial charge in [-0.15, -0.1) is 0 Å². The number of allylic oxidation sites excluding steroid dienone is 2. The number of rotatable bonds is 4. The maximum atomic E-state index is 15.8. The lowest BCUT2D eigenvalue weighted by Crippen LogP contribution is -2.44. The second-order valence-corrected chi connectivity index (χ2v) is 8.74. The van der Waals surface area contributed by atoms with Crippen LogP contribution in [0.5, 0.6) is 0 Å². The number of nitrogens with zero attached hydrogens (tertiary/aromatic N) is 2. The highest BCUT2D eigenvalue weighted by molar-refractivity contribution is 6.04. The number of fused-ring (bicyclic) bond motifs is 3. The van der Waals surface area contributed by atoms with Crippen molar-refractivity contribution >= 4 is 23.2 Å². The van der Waals surface area contributed by atoms with Gasteiger partial charge in [0.2, 0.25) is 5.91 Å². The number of likely N-dealkylation sites (N-methyl/N-ethyl adjacent to an activating group) is 1. The molecule has 0 spiro atoms. The zero-order valence-electron chi connectivity index (χ0n) is 18.4. The van der Waals surface area contributed by atoms with Crippen molar-refractivity contribution < 1.29 is 18.4 Å². The molecule has 33 heavy (non-hydrogen) atoms. The largest absolute Gasteiger partial charge is 0.355 e. The molecule has 0 aromatic heterocycles. The normalized spacial score (nSPS) is 26.6. The van der Waals surface area contributed by atoms with Crippen LogP contribution in [-0.4, -0.2) is 61.9 Å². The molecule has 0 bridgehead atoms. The zero-order chi connectivity index (χ0) is 23.1. The van der Waals surface area contributed by atoms with Gasteiger partial charge in [0.25, 0.3) is 5.91 Å². The van der Waals surface area contributed by atoms with Gasteiger partial charge in [-0.25, -0.2) is 8.78 Å². The molecular weight excluding hydrogens is 428 g/mol. The quantitative estimate of drug-likeness (QED) is 0.607. The van der Waals surface area contributed by atoms with E-state index in [0.717, 1.165) is 29.8 Å². The topological polar surface area (TPSA) is 76.7 Å². The predicted octanol–water partition coefficient (Wildman–Crippen LogP) is 2.14. The van der Waals surface area contributed by atoms with Crippen molar-refractivity contribution in [3.8, 4) is 0 Å². The molecule has 1 unspecified atom stereocenters. The maximum absolute atomic E-state index is 15.8. The molecular formula is C24H27F2N5O2. The Kier molecular flexibility index (Phi) is 5.65. The number of hydrogen-bond donors (Lipinski definition) is 3. The van der Waals surface area contributed by atoms with Gasteiger partial charge in [0, 0.05) is 32.1 Å². The Hall–Kier alpha value is -3.20. The molecule has 7 nitrogen and oxygen atoms in total. The van der Waals surface area contributed by atoms with E-state index in [-0.39, 0.29) is 37.0 Å². The Morgan fingerprint density at radius 3 is 2.88 bits per heavy atom. The molecule has 3 N–H and O–H groups in total. The van der Waals surface area contributed by atoms with Gasteiger partial charge < -0.3 is 25.8 Å². The smallest absolute Gasteiger partial charge is 0.267 e. The Bertz CT molecular complexity index is 1080. The molecule has 2 amide bonds. The fourth-order valence-corrected chi connectivity index (χ4v) is 5.02. The lowest BCUT2D eigenvalue weighted by molar-refractivity contribution is -0.119. The van der Waals surface area contributed by atoms with Crippen molar-refractivity contribution in [1.29, 1.82) is 0 Å². The van der Waals surface area contributed by atoms with Crippen LogP contribution in [0.4, 0.5) is 20.2 Å². The fourth-order valence-electron chi connectivity index (χ4n) is 5.02. The summed E-state index contributed by atoms with van der Waals surface area (Å²) in [5.74, 6) is -0.595. The van der Waals surface area contributed by atoms with Gasteiger partial charge in [0.05, 0.1) is 17.9 Å². The summed E-state index contributed by atoms with van der Waals surface area (Å²) in [6, 6.07) is 4.96. The highest BCUT2D eigenvalue weighted by atomic mass is 19.1. The monoisotopic (exact) mass is 455 g/mol. The van der Waals surface area contributed by atoms with Crippen LogP contribution in [0.1, 0.15) is 18.4 Å². The molecule has 1 aromatic carbocycles. The summed E-state index contributed by atoms with van der Waals surface area (Å²) < 4.78 is 29.7. The summed E-state index contributed by atoms with van der Waals surface area (Å²) in [4.78, 5) is 28.2. The number of anilines is 2. The van der Waals surface area contributed by atoms with Crippen LogP contribution >= 0.6 is 0 Å². The van der Waals surface area contributed by atoms with Crippen LogP contribution in [0.2, 0.25) is 0 Å². The van der Waals surface area contributed by atoms with Crippen molar-refractivity contribution in [1.82, 2.24) is 15.5 Å². The van der Waals surface area contributed by atoms with Crippen molar-refractivity contribution in [2.75, 3.05) is 36.9 Å². The first-order valence-corrected chi connectivity index (χ1v) is 11.3. The number of carbonyl (C=O) groups is 2. The van der Waals surface area contributed by atoms with Crippen molar-refractivity contribution in [3.05, 3.63) is 58.8 Å². The highest BCUT2D eigenvalue weighted by Gasteiger charge is 2.41. The average Bonchev–Trinajstić information content (AvgIpc) is 3.22. The molecule has 1 aromatic rings. The Morgan fingerprint density at radius 1 is 1.27 bits per heavy atom. The molecule has 4 heterocycles. The number of alkyl halides is 2.